The van der Waals surface area contributed by atoms with Crippen molar-refractivity contribution >= 4 is 10.1 Å². The Morgan fingerprint density at radius 2 is 1.24 bits per heavy atom. The summed E-state index contributed by atoms with van der Waals surface area (Å²) in [4.78, 5) is 0. The van der Waals surface area contributed by atoms with E-state index in [1.807, 2.05) is 24.3 Å². The van der Waals surface area contributed by atoms with E-state index in [0.29, 0.717) is 49.4 Å². The van der Waals surface area contributed by atoms with E-state index in [0.717, 1.165) is 0 Å². The monoisotopic (exact) mass is 490 g/mol. The van der Waals surface area contributed by atoms with Gasteiger partial charge in [0.1, 0.15) is 32.5 Å². The molecule has 0 amide bonds. The maximum Gasteiger partial charge on any atom is 1.00 e. The molecule has 0 saturated heterocycles. The number of para-hydroxylation sites is 4. The summed E-state index contributed by atoms with van der Waals surface area (Å²) in [5.74, 6) is 1.73. The van der Waals surface area contributed by atoms with Gasteiger partial charge >= 0.3 is 29.6 Å². The van der Waals surface area contributed by atoms with Crippen LogP contribution in [0.15, 0.2) is 48.5 Å². The Kier molecular flexibility index (Phi) is 12.3. The number of ether oxygens (including phenoxy) is 6. The molecule has 1 aliphatic heterocycles. The van der Waals surface area contributed by atoms with Crippen molar-refractivity contribution in [2.24, 2.45) is 0 Å². The van der Waals surface area contributed by atoms with Gasteiger partial charge in [-0.05, 0) is 30.7 Å². The number of benzene rings is 2. The minimum absolute atomic E-state index is 0. The van der Waals surface area contributed by atoms with E-state index < -0.39 is 22.0 Å². The molecule has 1 heterocycles. The van der Waals surface area contributed by atoms with E-state index >= 15 is 0 Å². The Morgan fingerprint density at radius 3 is 1.70 bits per heavy atom. The molecule has 9 nitrogen and oxygen atoms in total. The summed E-state index contributed by atoms with van der Waals surface area (Å²) in [5.41, 5.74) is 0. The van der Waals surface area contributed by atoms with Crippen molar-refractivity contribution in [3.63, 3.8) is 0 Å². The van der Waals surface area contributed by atoms with Gasteiger partial charge in [0, 0.05) is 12.4 Å². The average molecular weight is 491 g/mol. The van der Waals surface area contributed by atoms with Gasteiger partial charge in [-0.1, -0.05) is 24.3 Å². The van der Waals surface area contributed by atoms with E-state index in [9.17, 15) is 13.0 Å². The first-order valence-corrected chi connectivity index (χ1v) is 11.9. The van der Waals surface area contributed by atoms with Crippen LogP contribution in [0.25, 0.3) is 0 Å². The van der Waals surface area contributed by atoms with Crippen molar-refractivity contribution in [3.8, 4) is 23.0 Å². The molecule has 2 aromatic carbocycles. The quantitative estimate of drug-likeness (QED) is 0.304. The maximum absolute atomic E-state index is 10.8. The fourth-order valence-electron chi connectivity index (χ4n) is 2.90. The fourth-order valence-corrected chi connectivity index (χ4v) is 3.37. The summed E-state index contributed by atoms with van der Waals surface area (Å²) in [5, 5.41) is 0. The molecule has 176 valence electrons. The van der Waals surface area contributed by atoms with Crippen LogP contribution in [0, 0.1) is 0 Å². The summed E-state index contributed by atoms with van der Waals surface area (Å²) >= 11 is 0. The third-order valence-corrected chi connectivity index (χ3v) is 5.20. The summed E-state index contributed by atoms with van der Waals surface area (Å²) in [6.45, 7) is 1.82. The van der Waals surface area contributed by atoms with Crippen LogP contribution in [0.5, 0.6) is 23.0 Å². The number of hydrogen-bond donors (Lipinski definition) is 0. The number of hydrogen-bond acceptors (Lipinski definition) is 9. The van der Waals surface area contributed by atoms with Gasteiger partial charge in [0.15, 0.2) is 23.0 Å². The average Bonchev–Trinajstić information content (AvgIpc) is 2.77. The molecule has 1 aliphatic rings. The van der Waals surface area contributed by atoms with Crippen LogP contribution in [-0.4, -0.2) is 71.1 Å². The number of rotatable bonds is 5. The molecule has 0 unspecified atom stereocenters. The molecule has 0 aliphatic carbocycles. The predicted octanol–water partition coefficient (Wildman–Crippen LogP) is -0.743. The summed E-state index contributed by atoms with van der Waals surface area (Å²) in [7, 11) is -4.29. The van der Waals surface area contributed by atoms with Crippen LogP contribution in [-0.2, 0) is 19.6 Å². The molecule has 0 atom stereocenters. The minimum atomic E-state index is -4.29. The van der Waals surface area contributed by atoms with Gasteiger partial charge in [-0.2, -0.15) is 0 Å². The largest absolute Gasteiger partial charge is 1.00 e. The fraction of sp³-hybridized carbons (Fsp3) is 0.455. The summed E-state index contributed by atoms with van der Waals surface area (Å²) in [6.07, 6.45) is -0.441. The van der Waals surface area contributed by atoms with Crippen molar-refractivity contribution in [2.75, 3.05) is 52.0 Å². The Morgan fingerprint density at radius 1 is 0.788 bits per heavy atom. The Hall–Kier alpha value is -1.53. The van der Waals surface area contributed by atoms with E-state index in [-0.39, 0.29) is 55.8 Å². The van der Waals surface area contributed by atoms with E-state index in [1.165, 1.54) is 0 Å². The first kappa shape index (κ1) is 27.7. The molecule has 11 heteroatoms. The van der Waals surface area contributed by atoms with Gasteiger partial charge in [-0.15, -0.1) is 0 Å². The standard InChI is InChI=1S/C22H28O9S.Na/c23-32(24,25)15-5-10-27-18-16-30-21-8-3-1-6-19(21)28-13-11-26-12-14-29-20-7-2-4-9-22(20)31-17-18;/h1-4,6-9,18H,5,10-17H2,(H,23,24,25);/q;+1/p-1. The van der Waals surface area contributed by atoms with Gasteiger partial charge < -0.3 is 33.0 Å². The summed E-state index contributed by atoms with van der Waals surface area (Å²) < 4.78 is 67.1. The third kappa shape index (κ3) is 10.5. The van der Waals surface area contributed by atoms with E-state index in [2.05, 4.69) is 0 Å². The van der Waals surface area contributed by atoms with Gasteiger partial charge in [-0.3, -0.25) is 0 Å². The Balaban J connectivity index is 0.00000385. The second kappa shape index (κ2) is 14.7. The van der Waals surface area contributed by atoms with Crippen molar-refractivity contribution in [1.29, 1.82) is 0 Å². The van der Waals surface area contributed by atoms with Gasteiger partial charge in [0.2, 0.25) is 0 Å². The third-order valence-electron chi connectivity index (χ3n) is 4.41. The maximum atomic E-state index is 10.8. The minimum Gasteiger partial charge on any atom is -0.748 e. The normalized spacial score (nSPS) is 15.9. The SMILES string of the molecule is O=S(=O)([O-])CCCOC1COc2ccccc2OCCOCCOc2ccccc2OC1.[Na+]. The van der Waals surface area contributed by atoms with Crippen LogP contribution in [0.1, 0.15) is 6.42 Å². The first-order chi connectivity index (χ1) is 15.5. The topological polar surface area (TPSA) is 113 Å². The molecule has 0 fully saturated rings. The second-order valence-corrected chi connectivity index (χ2v) is 8.46. The zero-order chi connectivity index (χ0) is 22.7. The van der Waals surface area contributed by atoms with E-state index in [1.54, 1.807) is 24.3 Å². The smallest absolute Gasteiger partial charge is 0.748 e. The van der Waals surface area contributed by atoms with E-state index in [4.69, 9.17) is 28.4 Å². The Labute approximate surface area is 216 Å². The van der Waals surface area contributed by atoms with Gasteiger partial charge in [0.25, 0.3) is 0 Å². The molecule has 0 saturated carbocycles. The zero-order valence-electron chi connectivity index (χ0n) is 18.6. The van der Waals surface area contributed by atoms with Crippen LogP contribution in [0.2, 0.25) is 0 Å². The van der Waals surface area contributed by atoms with Crippen LogP contribution >= 0.6 is 0 Å². The van der Waals surface area contributed by atoms with Crippen molar-refractivity contribution in [1.82, 2.24) is 0 Å². The molecule has 0 bridgehead atoms. The van der Waals surface area contributed by atoms with Gasteiger partial charge in [-0.25, -0.2) is 8.42 Å². The predicted molar refractivity (Wildman–Crippen MR) is 115 cm³/mol. The number of fused-ring (bicyclic) bond motifs is 2. The zero-order valence-corrected chi connectivity index (χ0v) is 21.5. The van der Waals surface area contributed by atoms with Gasteiger partial charge in [0.05, 0.1) is 23.3 Å². The summed E-state index contributed by atoms with van der Waals surface area (Å²) in [6, 6.07) is 14.5. The molecule has 0 N–H and O–H groups in total. The molecular formula is C22H27NaO9S. The molecule has 0 spiro atoms. The van der Waals surface area contributed by atoms with Crippen molar-refractivity contribution in [2.45, 2.75) is 12.5 Å². The second-order valence-electron chi connectivity index (χ2n) is 6.93. The molecule has 33 heavy (non-hydrogen) atoms. The molecule has 3 rings (SSSR count). The van der Waals surface area contributed by atoms with Crippen LogP contribution < -0.4 is 48.5 Å². The van der Waals surface area contributed by atoms with Crippen molar-refractivity contribution < 1.29 is 70.9 Å². The van der Waals surface area contributed by atoms with Crippen LogP contribution in [0.3, 0.4) is 0 Å². The molecule has 0 radical (unpaired) electrons. The first-order valence-electron chi connectivity index (χ1n) is 10.3. The van der Waals surface area contributed by atoms with Crippen LogP contribution in [0.4, 0.5) is 0 Å². The molecule has 0 aromatic heterocycles. The molecular weight excluding hydrogens is 463 g/mol. The Bertz CT molecular complexity index is 883. The van der Waals surface area contributed by atoms with Crippen molar-refractivity contribution in [3.05, 3.63) is 48.5 Å². The molecule has 2 aromatic rings.